The SMILES string of the molecule is C[C@H]1CC2(C)[C@@H](NCc3ccccn3)CC1C2(C)C. The minimum absolute atomic E-state index is 0.436. The van der Waals surface area contributed by atoms with Crippen LogP contribution < -0.4 is 5.32 Å². The maximum Gasteiger partial charge on any atom is 0.0541 e. The van der Waals surface area contributed by atoms with E-state index in [2.05, 4.69) is 50.1 Å². The molecule has 2 aliphatic rings. The van der Waals surface area contributed by atoms with Crippen LogP contribution in [0.3, 0.4) is 0 Å². The van der Waals surface area contributed by atoms with Crippen molar-refractivity contribution in [3.63, 3.8) is 0 Å². The monoisotopic (exact) mass is 258 g/mol. The Hall–Kier alpha value is -0.890. The van der Waals surface area contributed by atoms with Crippen molar-refractivity contribution in [2.24, 2.45) is 22.7 Å². The van der Waals surface area contributed by atoms with Crippen molar-refractivity contribution in [1.29, 1.82) is 0 Å². The zero-order chi connectivity index (χ0) is 13.7. The summed E-state index contributed by atoms with van der Waals surface area (Å²) >= 11 is 0. The molecule has 19 heavy (non-hydrogen) atoms. The summed E-state index contributed by atoms with van der Waals surface area (Å²) in [7, 11) is 0. The van der Waals surface area contributed by atoms with Crippen molar-refractivity contribution in [2.45, 2.75) is 53.1 Å². The standard InChI is InChI=1S/C17H26N2/c1-12-10-17(4)15(9-14(12)16(17,2)3)19-11-13-7-5-6-8-18-13/h5-8,12,14-15,19H,9-11H2,1-4H3/t12-,14?,15-,17?/m0/s1. The molecule has 1 aromatic heterocycles. The molecule has 2 aliphatic carbocycles. The third-order valence-corrected chi connectivity index (χ3v) is 6.35. The van der Waals surface area contributed by atoms with Gasteiger partial charge in [0.15, 0.2) is 0 Å². The molecular formula is C17H26N2. The molecule has 0 aliphatic heterocycles. The van der Waals surface area contributed by atoms with E-state index in [1.165, 1.54) is 12.8 Å². The number of rotatable bonds is 3. The molecule has 0 spiro atoms. The van der Waals surface area contributed by atoms with E-state index in [9.17, 15) is 0 Å². The lowest BCUT2D eigenvalue weighted by atomic mass is 9.69. The van der Waals surface area contributed by atoms with Crippen LogP contribution in [0.15, 0.2) is 24.4 Å². The van der Waals surface area contributed by atoms with Gasteiger partial charge in [-0.05, 0) is 47.6 Å². The number of nitrogens with one attached hydrogen (secondary N) is 1. The Bertz CT molecular complexity index is 454. The summed E-state index contributed by atoms with van der Waals surface area (Å²) in [5, 5.41) is 3.78. The van der Waals surface area contributed by atoms with Crippen molar-refractivity contribution in [3.8, 4) is 0 Å². The van der Waals surface area contributed by atoms with Gasteiger partial charge in [0, 0.05) is 18.8 Å². The topological polar surface area (TPSA) is 24.9 Å². The second-order valence-electron chi connectivity index (χ2n) is 7.42. The fourth-order valence-electron chi connectivity index (χ4n) is 4.88. The van der Waals surface area contributed by atoms with Crippen LogP contribution in [0.5, 0.6) is 0 Å². The largest absolute Gasteiger partial charge is 0.308 e. The van der Waals surface area contributed by atoms with E-state index in [0.29, 0.717) is 16.9 Å². The fraction of sp³-hybridized carbons (Fsp3) is 0.706. The first kappa shape index (κ1) is 13.1. The molecule has 0 radical (unpaired) electrons. The van der Waals surface area contributed by atoms with Crippen LogP contribution in [0.25, 0.3) is 0 Å². The molecular weight excluding hydrogens is 232 g/mol. The van der Waals surface area contributed by atoms with Crippen LogP contribution in [0.1, 0.15) is 46.2 Å². The molecule has 2 fully saturated rings. The van der Waals surface area contributed by atoms with Crippen LogP contribution in [0.4, 0.5) is 0 Å². The predicted molar refractivity (Wildman–Crippen MR) is 78.6 cm³/mol. The molecule has 1 heterocycles. The number of hydrogen-bond donors (Lipinski definition) is 1. The zero-order valence-corrected chi connectivity index (χ0v) is 12.6. The average Bonchev–Trinajstić information content (AvgIpc) is 2.67. The Morgan fingerprint density at radius 3 is 2.63 bits per heavy atom. The Morgan fingerprint density at radius 2 is 2.11 bits per heavy atom. The minimum atomic E-state index is 0.436. The lowest BCUT2D eigenvalue weighted by Gasteiger charge is -2.40. The smallest absolute Gasteiger partial charge is 0.0541 e. The Morgan fingerprint density at radius 1 is 1.32 bits per heavy atom. The number of aromatic nitrogens is 1. The van der Waals surface area contributed by atoms with Gasteiger partial charge in [0.1, 0.15) is 0 Å². The lowest BCUT2D eigenvalue weighted by Crippen LogP contribution is -2.44. The van der Waals surface area contributed by atoms with Crippen molar-refractivity contribution >= 4 is 0 Å². The molecule has 3 rings (SSSR count). The highest BCUT2D eigenvalue weighted by Crippen LogP contribution is 2.67. The summed E-state index contributed by atoms with van der Waals surface area (Å²) < 4.78 is 0. The second kappa shape index (κ2) is 4.31. The molecule has 1 aromatic rings. The van der Waals surface area contributed by atoms with Crippen LogP contribution in [-0.2, 0) is 6.54 Å². The molecule has 2 heteroatoms. The number of pyridine rings is 1. The van der Waals surface area contributed by atoms with Gasteiger partial charge in [-0.25, -0.2) is 0 Å². The van der Waals surface area contributed by atoms with E-state index in [0.717, 1.165) is 24.1 Å². The van der Waals surface area contributed by atoms with Gasteiger partial charge in [-0.1, -0.05) is 33.8 Å². The summed E-state index contributed by atoms with van der Waals surface area (Å²) in [6.07, 6.45) is 4.58. The van der Waals surface area contributed by atoms with Gasteiger partial charge in [-0.15, -0.1) is 0 Å². The van der Waals surface area contributed by atoms with Gasteiger partial charge in [0.2, 0.25) is 0 Å². The van der Waals surface area contributed by atoms with Crippen LogP contribution in [-0.4, -0.2) is 11.0 Å². The quantitative estimate of drug-likeness (QED) is 0.895. The average molecular weight is 258 g/mol. The Kier molecular flexibility index (Phi) is 2.97. The molecule has 0 aromatic carbocycles. The summed E-state index contributed by atoms with van der Waals surface area (Å²) in [5.74, 6) is 1.76. The van der Waals surface area contributed by atoms with E-state index < -0.39 is 0 Å². The molecule has 0 amide bonds. The highest BCUT2D eigenvalue weighted by molar-refractivity contribution is 5.15. The van der Waals surface area contributed by atoms with E-state index in [1.807, 2.05) is 12.3 Å². The highest BCUT2D eigenvalue weighted by Gasteiger charge is 2.63. The van der Waals surface area contributed by atoms with E-state index >= 15 is 0 Å². The van der Waals surface area contributed by atoms with Crippen LogP contribution in [0, 0.1) is 22.7 Å². The molecule has 0 saturated heterocycles. The minimum Gasteiger partial charge on any atom is -0.308 e. The van der Waals surface area contributed by atoms with Gasteiger partial charge in [-0.2, -0.15) is 0 Å². The zero-order valence-electron chi connectivity index (χ0n) is 12.6. The summed E-state index contributed by atoms with van der Waals surface area (Å²) in [4.78, 5) is 4.41. The van der Waals surface area contributed by atoms with Crippen LogP contribution in [0.2, 0.25) is 0 Å². The first-order valence-electron chi connectivity index (χ1n) is 7.58. The van der Waals surface area contributed by atoms with Crippen molar-refractivity contribution in [3.05, 3.63) is 30.1 Å². The third kappa shape index (κ3) is 1.84. The highest BCUT2D eigenvalue weighted by atomic mass is 15.0. The third-order valence-electron chi connectivity index (χ3n) is 6.35. The van der Waals surface area contributed by atoms with E-state index in [1.54, 1.807) is 0 Å². The summed E-state index contributed by atoms with van der Waals surface area (Å²) in [5.41, 5.74) is 2.06. The first-order chi connectivity index (χ1) is 8.95. The second-order valence-corrected chi connectivity index (χ2v) is 7.42. The van der Waals surface area contributed by atoms with E-state index in [-0.39, 0.29) is 0 Å². The summed E-state index contributed by atoms with van der Waals surface area (Å²) in [6, 6.07) is 6.80. The first-order valence-corrected chi connectivity index (χ1v) is 7.58. The number of nitrogens with zero attached hydrogens (tertiary/aromatic N) is 1. The molecule has 1 N–H and O–H groups in total. The maximum absolute atomic E-state index is 4.41. The number of fused-ring (bicyclic) bond motifs is 2. The molecule has 2 unspecified atom stereocenters. The molecule has 2 saturated carbocycles. The van der Waals surface area contributed by atoms with Crippen molar-refractivity contribution in [1.82, 2.24) is 10.3 Å². The summed E-state index contributed by atoms with van der Waals surface area (Å²) in [6.45, 7) is 10.8. The Balaban J connectivity index is 1.71. The van der Waals surface area contributed by atoms with Gasteiger partial charge < -0.3 is 5.32 Å². The normalized spacial score (nSPS) is 39.7. The molecule has 2 bridgehead atoms. The lowest BCUT2D eigenvalue weighted by molar-refractivity contribution is 0.119. The van der Waals surface area contributed by atoms with Gasteiger partial charge in [-0.3, -0.25) is 4.98 Å². The maximum atomic E-state index is 4.41. The van der Waals surface area contributed by atoms with Gasteiger partial charge in [0.25, 0.3) is 0 Å². The van der Waals surface area contributed by atoms with Gasteiger partial charge >= 0.3 is 0 Å². The van der Waals surface area contributed by atoms with Crippen molar-refractivity contribution < 1.29 is 0 Å². The van der Waals surface area contributed by atoms with Gasteiger partial charge in [0.05, 0.1) is 5.69 Å². The van der Waals surface area contributed by atoms with E-state index in [4.69, 9.17) is 0 Å². The molecule has 4 atom stereocenters. The van der Waals surface area contributed by atoms with Crippen molar-refractivity contribution in [2.75, 3.05) is 0 Å². The Labute approximate surface area is 117 Å². The fourth-order valence-corrected chi connectivity index (χ4v) is 4.88. The molecule has 2 nitrogen and oxygen atoms in total. The predicted octanol–water partition coefficient (Wildman–Crippen LogP) is 3.63. The number of hydrogen-bond acceptors (Lipinski definition) is 2. The van der Waals surface area contributed by atoms with Crippen LogP contribution >= 0.6 is 0 Å². The molecule has 104 valence electrons.